The van der Waals surface area contributed by atoms with Crippen LogP contribution in [-0.4, -0.2) is 32.4 Å². The summed E-state index contributed by atoms with van der Waals surface area (Å²) in [7, 11) is 0. The van der Waals surface area contributed by atoms with Crippen LogP contribution < -0.4 is 10.6 Å². The van der Waals surface area contributed by atoms with Crippen LogP contribution in [0.1, 0.15) is 10.9 Å². The molecule has 3 rings (SSSR count). The molecule has 1 atom stereocenters. The molecule has 146 valence electrons. The summed E-state index contributed by atoms with van der Waals surface area (Å²) in [5.74, 6) is 1.89. The number of halogens is 4. The van der Waals surface area contributed by atoms with Gasteiger partial charge in [0, 0.05) is 23.4 Å². The lowest BCUT2D eigenvalue weighted by Gasteiger charge is -2.14. The van der Waals surface area contributed by atoms with Gasteiger partial charge in [-0.25, -0.2) is 19.9 Å². The molecule has 28 heavy (non-hydrogen) atoms. The van der Waals surface area contributed by atoms with E-state index < -0.39 is 11.6 Å². The van der Waals surface area contributed by atoms with Crippen molar-refractivity contribution in [2.24, 2.45) is 0 Å². The third-order valence-corrected chi connectivity index (χ3v) is 4.80. The van der Waals surface area contributed by atoms with Crippen molar-refractivity contribution in [1.82, 2.24) is 19.9 Å². The van der Waals surface area contributed by atoms with Gasteiger partial charge in [0.1, 0.15) is 29.6 Å². The quantitative estimate of drug-likeness (QED) is 0.408. The molecule has 0 saturated carbocycles. The molecule has 0 spiro atoms. The Morgan fingerprint density at radius 2 is 1.75 bits per heavy atom. The van der Waals surface area contributed by atoms with Crippen molar-refractivity contribution < 1.29 is 13.2 Å². The standard InChI is InChI=1S/C17H14ClF3N6S/c1-28-11-3-2-6-22-16(11)27-14-7-13(24-9-25-14)26-12-5-4-10(8-23-12)15(18)17(19,20)21/h2-9,15H,1H3,(H2,22,23,24,25,26,27). The van der Waals surface area contributed by atoms with Gasteiger partial charge >= 0.3 is 6.18 Å². The molecular weight excluding hydrogens is 413 g/mol. The van der Waals surface area contributed by atoms with Gasteiger partial charge in [-0.2, -0.15) is 13.2 Å². The first kappa shape index (κ1) is 20.2. The molecule has 3 heterocycles. The van der Waals surface area contributed by atoms with Crippen molar-refractivity contribution in [2.45, 2.75) is 16.4 Å². The molecule has 0 bridgehead atoms. The molecule has 3 aromatic rings. The van der Waals surface area contributed by atoms with E-state index in [0.717, 1.165) is 11.1 Å². The van der Waals surface area contributed by atoms with Gasteiger partial charge in [-0.05, 0) is 30.0 Å². The highest BCUT2D eigenvalue weighted by molar-refractivity contribution is 7.98. The van der Waals surface area contributed by atoms with E-state index in [1.807, 2.05) is 18.4 Å². The Kier molecular flexibility index (Phi) is 6.20. The summed E-state index contributed by atoms with van der Waals surface area (Å²) in [5.41, 5.74) is -0.135. The monoisotopic (exact) mass is 426 g/mol. The lowest BCUT2D eigenvalue weighted by Crippen LogP contribution is -2.15. The molecule has 6 nitrogen and oxygen atoms in total. The van der Waals surface area contributed by atoms with Crippen molar-refractivity contribution in [3.8, 4) is 0 Å². The number of pyridine rings is 2. The van der Waals surface area contributed by atoms with E-state index in [9.17, 15) is 13.2 Å². The largest absolute Gasteiger partial charge is 0.408 e. The molecule has 0 saturated heterocycles. The summed E-state index contributed by atoms with van der Waals surface area (Å²) in [6, 6.07) is 8.06. The molecule has 0 amide bonds. The Hall–Kier alpha value is -2.59. The van der Waals surface area contributed by atoms with E-state index >= 15 is 0 Å². The number of hydrogen-bond acceptors (Lipinski definition) is 7. The van der Waals surface area contributed by atoms with Crippen LogP contribution in [-0.2, 0) is 0 Å². The third kappa shape index (κ3) is 5.02. The first-order chi connectivity index (χ1) is 13.4. The van der Waals surface area contributed by atoms with E-state index in [4.69, 9.17) is 11.6 Å². The van der Waals surface area contributed by atoms with Gasteiger partial charge in [0.15, 0.2) is 5.38 Å². The Morgan fingerprint density at radius 3 is 2.39 bits per heavy atom. The second-order valence-corrected chi connectivity index (χ2v) is 6.76. The second kappa shape index (κ2) is 8.61. The van der Waals surface area contributed by atoms with Gasteiger partial charge in [0.2, 0.25) is 0 Å². The first-order valence-corrected chi connectivity index (χ1v) is 9.55. The third-order valence-electron chi connectivity index (χ3n) is 3.53. The van der Waals surface area contributed by atoms with E-state index in [0.29, 0.717) is 23.3 Å². The average molecular weight is 427 g/mol. The highest BCUT2D eigenvalue weighted by atomic mass is 35.5. The summed E-state index contributed by atoms with van der Waals surface area (Å²) in [6.07, 6.45) is 1.49. The van der Waals surface area contributed by atoms with Gasteiger partial charge < -0.3 is 10.6 Å². The maximum Gasteiger partial charge on any atom is 0.408 e. The van der Waals surface area contributed by atoms with Crippen molar-refractivity contribution in [3.05, 3.63) is 54.6 Å². The molecule has 2 N–H and O–H groups in total. The average Bonchev–Trinajstić information content (AvgIpc) is 2.68. The van der Waals surface area contributed by atoms with Gasteiger partial charge in [-0.1, -0.05) is 6.07 Å². The van der Waals surface area contributed by atoms with Crippen LogP contribution in [0.2, 0.25) is 0 Å². The second-order valence-electron chi connectivity index (χ2n) is 5.47. The van der Waals surface area contributed by atoms with E-state index in [1.54, 1.807) is 24.0 Å². The van der Waals surface area contributed by atoms with Crippen LogP contribution in [0.5, 0.6) is 0 Å². The summed E-state index contributed by atoms with van der Waals surface area (Å²) < 4.78 is 38.0. The summed E-state index contributed by atoms with van der Waals surface area (Å²) in [5, 5.41) is 3.91. The van der Waals surface area contributed by atoms with Crippen LogP contribution in [0.25, 0.3) is 0 Å². The van der Waals surface area contributed by atoms with Crippen molar-refractivity contribution in [3.63, 3.8) is 0 Å². The fourth-order valence-corrected chi connectivity index (χ4v) is 2.85. The topological polar surface area (TPSA) is 75.6 Å². The Morgan fingerprint density at radius 1 is 1.00 bits per heavy atom. The molecular formula is C17H14ClF3N6S. The number of nitrogens with zero attached hydrogens (tertiary/aromatic N) is 4. The van der Waals surface area contributed by atoms with E-state index in [-0.39, 0.29) is 5.56 Å². The lowest BCUT2D eigenvalue weighted by atomic mass is 10.2. The summed E-state index contributed by atoms with van der Waals surface area (Å²) in [6.45, 7) is 0. The number of thioether (sulfide) groups is 1. The zero-order valence-corrected chi connectivity index (χ0v) is 16.0. The van der Waals surface area contributed by atoms with Crippen LogP contribution >= 0.6 is 23.4 Å². The SMILES string of the molecule is CSc1cccnc1Nc1cc(Nc2ccc(C(Cl)C(F)(F)F)cn2)ncn1. The summed E-state index contributed by atoms with van der Waals surface area (Å²) >= 11 is 6.94. The Bertz CT molecular complexity index is 939. The van der Waals surface area contributed by atoms with Crippen LogP contribution in [0.15, 0.2) is 53.9 Å². The predicted molar refractivity (Wildman–Crippen MR) is 104 cm³/mol. The lowest BCUT2D eigenvalue weighted by molar-refractivity contribution is -0.131. The number of nitrogens with one attached hydrogen (secondary N) is 2. The fourth-order valence-electron chi connectivity index (χ4n) is 2.21. The smallest absolute Gasteiger partial charge is 0.325 e. The first-order valence-electron chi connectivity index (χ1n) is 7.88. The fraction of sp³-hybridized carbons (Fsp3) is 0.176. The van der Waals surface area contributed by atoms with Crippen LogP contribution in [0, 0.1) is 0 Å². The van der Waals surface area contributed by atoms with Crippen LogP contribution in [0.3, 0.4) is 0 Å². The minimum Gasteiger partial charge on any atom is -0.325 e. The zero-order valence-electron chi connectivity index (χ0n) is 14.4. The maximum atomic E-state index is 12.7. The molecule has 0 aromatic carbocycles. The molecule has 3 aromatic heterocycles. The molecule has 1 unspecified atom stereocenters. The molecule has 0 aliphatic carbocycles. The molecule has 11 heteroatoms. The van der Waals surface area contributed by atoms with E-state index in [1.165, 1.54) is 18.5 Å². The van der Waals surface area contributed by atoms with Gasteiger partial charge in [-0.15, -0.1) is 23.4 Å². The van der Waals surface area contributed by atoms with Gasteiger partial charge in [0.05, 0.1) is 0 Å². The molecule has 0 aliphatic rings. The minimum absolute atomic E-state index is 0.135. The van der Waals surface area contributed by atoms with E-state index in [2.05, 4.69) is 30.6 Å². The number of rotatable bonds is 6. The molecule has 0 fully saturated rings. The number of anilines is 4. The maximum absolute atomic E-state index is 12.7. The van der Waals surface area contributed by atoms with Crippen LogP contribution in [0.4, 0.5) is 36.4 Å². The van der Waals surface area contributed by atoms with Gasteiger partial charge in [-0.3, -0.25) is 0 Å². The Labute approximate surface area is 168 Å². The number of alkyl halides is 4. The predicted octanol–water partition coefficient (Wildman–Crippen LogP) is 5.32. The highest BCUT2D eigenvalue weighted by Crippen LogP contribution is 2.37. The van der Waals surface area contributed by atoms with Crippen molar-refractivity contribution in [1.29, 1.82) is 0 Å². The van der Waals surface area contributed by atoms with Crippen molar-refractivity contribution >= 4 is 46.6 Å². The Balaban J connectivity index is 1.73. The van der Waals surface area contributed by atoms with Gasteiger partial charge in [0.25, 0.3) is 0 Å². The molecule has 0 aliphatic heterocycles. The number of hydrogen-bond donors (Lipinski definition) is 2. The highest BCUT2D eigenvalue weighted by Gasteiger charge is 2.39. The normalized spacial score (nSPS) is 12.5. The zero-order chi connectivity index (χ0) is 20.1. The number of aromatic nitrogens is 4. The minimum atomic E-state index is -4.54. The van der Waals surface area contributed by atoms with Crippen molar-refractivity contribution in [2.75, 3.05) is 16.9 Å². The summed E-state index contributed by atoms with van der Waals surface area (Å²) in [4.78, 5) is 17.4. The molecule has 0 radical (unpaired) electrons.